The summed E-state index contributed by atoms with van der Waals surface area (Å²) in [5.74, 6) is -3.30. The van der Waals surface area contributed by atoms with E-state index < -0.39 is 42.3 Å². The van der Waals surface area contributed by atoms with E-state index >= 15 is 0 Å². The van der Waals surface area contributed by atoms with Gasteiger partial charge in [-0.1, -0.05) is 124 Å². The van der Waals surface area contributed by atoms with Crippen molar-refractivity contribution in [1.29, 1.82) is 0 Å². The molecule has 0 saturated carbocycles. The zero-order valence-corrected chi connectivity index (χ0v) is 83.8. The number of ether oxygens (including phenoxy) is 6. The number of benzene rings is 11. The molecule has 0 radical (unpaired) electrons. The largest absolute Gasteiger partial charge is 1.00 e. The van der Waals surface area contributed by atoms with Crippen LogP contribution in [0.1, 0.15) is 169 Å². The minimum atomic E-state index is -1.40. The van der Waals surface area contributed by atoms with Crippen LogP contribution in [0.25, 0.3) is 65.9 Å². The number of hydrogen-bond donors (Lipinski definition) is 8. The standard InChI is InChI=1S/C29H31FN2O3.C27H27FN2O3.C22H23BrFNO3.C12H14BrNO.C10H11FO3.C7H10BNO2.CH4.ClH.Li.H2O/c1-4-34-29(33)15-23-8-9-24(30)16-28(23)35-18-21-13-26(22-7-5-6-20(12-22)17-31)25-10-11-32(19(2)3)27(25)14-21;1-17(2)30-9-8-23-24(20-5-3-4-18(10-20)15-29)11-19(12-25(23)30)16-33-26-14-22(28)7-6-21(26)13-27(31)32;1-4-27-22(26)11-16-5-6-17(24)12-21(16)28-13-15-9-19(23)18-7-8-25(14(2)3)20(18)10-15;1-8(2)14-4-3-10-11(13)5-9(7-15)6-12(10)14;1-2-14-10(13)5-7-3-4-8(11)6-9(7)12;9-5-6-2-1-3-7(4-6)8(10)11;;;;/h5-14,16,19H,4,15,17-18,31H2,1-3H3;3-12,14,17H,13,15-16,29H2,1-2H3,(H,31,32);5-10,12,14H,4,11,13H2,1-3H3;3-6,8,15H,7H2,1-2H3;3-4,6,12H,2,5H2,1H3;1-4,10-11H,5,9H2;1H4;1H;;1H2/q;;;;;;;;+1;/p-1. The normalized spacial score (nSPS) is 10.7. The van der Waals surface area contributed by atoms with E-state index in [1.54, 1.807) is 51.1 Å². The molecule has 4 heterocycles. The molecule has 11 aromatic carbocycles. The van der Waals surface area contributed by atoms with Gasteiger partial charge in [0.1, 0.15) is 66.1 Å². The maximum absolute atomic E-state index is 14.0. The summed E-state index contributed by atoms with van der Waals surface area (Å²) in [6.45, 7) is 25.3. The number of carboxylic acids is 1. The van der Waals surface area contributed by atoms with Crippen molar-refractivity contribution in [3.05, 3.63) is 337 Å². The summed E-state index contributed by atoms with van der Waals surface area (Å²) in [5.41, 5.74) is 35.0. The fourth-order valence-electron chi connectivity index (χ4n) is 15.3. The number of carbonyl (C=O) groups excluding carboxylic acids is 3. The van der Waals surface area contributed by atoms with Crippen molar-refractivity contribution < 1.29 is 115 Å². The molecule has 0 amide bonds. The minimum Gasteiger partial charge on any atom is -0.870 e. The van der Waals surface area contributed by atoms with E-state index in [0.29, 0.717) is 90.8 Å². The van der Waals surface area contributed by atoms with E-state index in [9.17, 15) is 41.8 Å². The number of halogens is 7. The third-order valence-electron chi connectivity index (χ3n) is 21.9. The predicted molar refractivity (Wildman–Crippen MR) is 550 cm³/mol. The van der Waals surface area contributed by atoms with Crippen LogP contribution in [0.3, 0.4) is 0 Å². The Balaban J connectivity index is 0.000000267. The fraction of sp³-hybridized carbons (Fsp3) is 0.278. The molecule has 4 aromatic heterocycles. The second-order valence-corrected chi connectivity index (χ2v) is 34.8. The number of aliphatic carboxylic acids is 1. The number of phenolic OH excluding ortho intramolecular Hbond substituents is 1. The van der Waals surface area contributed by atoms with Crippen molar-refractivity contribution in [2.45, 2.75) is 180 Å². The molecule has 0 aliphatic heterocycles. The third kappa shape index (κ3) is 32.5. The van der Waals surface area contributed by atoms with Crippen molar-refractivity contribution in [3.8, 4) is 45.3 Å². The molecular weight excluding hydrogens is 1940 g/mol. The zero-order chi connectivity index (χ0) is 98.6. The number of carboxylic acid groups (broad SMARTS) is 1. The van der Waals surface area contributed by atoms with Crippen LogP contribution in [-0.2, 0) is 105 Å². The Labute approximate surface area is 849 Å². The summed E-state index contributed by atoms with van der Waals surface area (Å²) in [4.78, 5) is 46.0. The molecule has 0 aliphatic carbocycles. The number of hydrogen-bond acceptors (Lipinski definition) is 18. The van der Waals surface area contributed by atoms with Gasteiger partial charge in [-0.25, -0.2) is 17.6 Å². The first-order valence-electron chi connectivity index (χ1n) is 44.7. The van der Waals surface area contributed by atoms with Crippen molar-refractivity contribution >= 4 is 124 Å². The maximum Gasteiger partial charge on any atom is 1.00 e. The Kier molecular flexibility index (Phi) is 47.1. The number of nitrogens with two attached hydrogens (primary N) is 3. The van der Waals surface area contributed by atoms with Crippen LogP contribution in [-0.4, -0.2) is 99.9 Å². The summed E-state index contributed by atoms with van der Waals surface area (Å²) >= 11 is 7.15. The van der Waals surface area contributed by atoms with Crippen LogP contribution >= 0.6 is 44.3 Å². The summed E-state index contributed by atoms with van der Waals surface area (Å²) in [5, 5.41) is 49.7. The van der Waals surface area contributed by atoms with Gasteiger partial charge in [0.05, 0.1) is 52.1 Å². The molecule has 0 fully saturated rings. The number of esters is 3. The van der Waals surface area contributed by atoms with Gasteiger partial charge in [-0.2, -0.15) is 0 Å². The van der Waals surface area contributed by atoms with E-state index in [1.807, 2.05) is 48.5 Å². The Hall–Kier alpha value is -12.0. The van der Waals surface area contributed by atoms with Gasteiger partial charge in [0, 0.05) is 168 Å². The third-order valence-corrected chi connectivity index (χ3v) is 23.2. The molecule has 32 heteroatoms. The topological polar surface area (TPSA) is 353 Å². The Morgan fingerprint density at radius 3 is 1.04 bits per heavy atom. The monoisotopic (exact) mass is 2060 g/mol. The first-order chi connectivity index (χ1) is 65.1. The molecule has 0 spiro atoms. The number of aliphatic hydroxyl groups is 1. The van der Waals surface area contributed by atoms with E-state index in [0.717, 1.165) is 109 Å². The molecule has 0 saturated heterocycles. The van der Waals surface area contributed by atoms with E-state index in [4.69, 9.17) is 61.1 Å². The zero-order valence-electron chi connectivity index (χ0n) is 79.8. The van der Waals surface area contributed by atoms with Gasteiger partial charge in [-0.05, 0) is 252 Å². The maximum atomic E-state index is 14.0. The molecule has 738 valence electrons. The SMILES string of the molecule is C.CC(C)n1ccc2c(-c3cccc(CN)c3)cc(COc3cc(F)ccc3CC(=O)O)cc21.CC(C)n1ccc2c(Br)cc(CO)cc21.CCOC(=O)Cc1ccc(F)cc1O.CCOC(=O)Cc1ccc(F)cc1OCc1cc(-c2cccc(CN)c2)c2ccn(C(C)C)c2c1.CCOC(=O)Cc1ccc(F)cc1OCc1cc(Br)c2ccn(C(C)C)c2c1.Cl.NCc1cccc(B(O)O)c1.[Li+].[OH-]. The van der Waals surface area contributed by atoms with E-state index in [1.165, 1.54) is 65.5 Å². The summed E-state index contributed by atoms with van der Waals surface area (Å²) < 4.78 is 97.6. The molecule has 15 rings (SSSR count). The van der Waals surface area contributed by atoms with Crippen LogP contribution in [0, 0.1) is 23.3 Å². The Morgan fingerprint density at radius 1 is 0.393 bits per heavy atom. The molecule has 15 aromatic rings. The van der Waals surface area contributed by atoms with Crippen LogP contribution in [0.5, 0.6) is 23.0 Å². The van der Waals surface area contributed by atoms with Gasteiger partial charge in [0.25, 0.3) is 0 Å². The number of rotatable bonds is 31. The number of aromatic nitrogens is 4. The van der Waals surface area contributed by atoms with Crippen LogP contribution < -0.4 is 55.7 Å². The van der Waals surface area contributed by atoms with Crippen LogP contribution in [0.4, 0.5) is 17.6 Å². The summed E-state index contributed by atoms with van der Waals surface area (Å²) in [6, 6.07) is 65.3. The van der Waals surface area contributed by atoms with Crippen LogP contribution in [0.2, 0.25) is 0 Å². The number of phenols is 1. The van der Waals surface area contributed by atoms with Crippen molar-refractivity contribution in [2.75, 3.05) is 19.8 Å². The summed E-state index contributed by atoms with van der Waals surface area (Å²) in [7, 11) is -1.40. The molecular formula is C108H122BBr2ClF4LiN7O16. The van der Waals surface area contributed by atoms with E-state index in [-0.39, 0.29) is 132 Å². The predicted octanol–water partition coefficient (Wildman–Crippen LogP) is 19.5. The van der Waals surface area contributed by atoms with Gasteiger partial charge in [0.2, 0.25) is 0 Å². The average molecular weight is 2060 g/mol. The van der Waals surface area contributed by atoms with E-state index in [2.05, 4.69) is 214 Å². The molecule has 0 unspecified atom stereocenters. The molecule has 0 aliphatic rings. The van der Waals surface area contributed by atoms with Gasteiger partial charge in [0.15, 0.2) is 0 Å². The quantitative estimate of drug-likeness (QED) is 0.00866. The molecule has 12 N–H and O–H groups in total. The first kappa shape index (κ1) is 117. The van der Waals surface area contributed by atoms with Gasteiger partial charge >= 0.3 is 49.9 Å². The molecule has 0 atom stereocenters. The van der Waals surface area contributed by atoms with Crippen LogP contribution in [0.15, 0.2) is 252 Å². The number of nitrogens with zero attached hydrogens (tertiary/aromatic N) is 4. The number of fused-ring (bicyclic) bond motifs is 4. The molecule has 0 bridgehead atoms. The second-order valence-electron chi connectivity index (χ2n) is 33.1. The smallest absolute Gasteiger partial charge is 0.870 e. The second kappa shape index (κ2) is 56.5. The minimum absolute atomic E-state index is 0. The van der Waals surface area contributed by atoms with Gasteiger partial charge < -0.3 is 94.7 Å². The molecule has 140 heavy (non-hydrogen) atoms. The summed E-state index contributed by atoms with van der Waals surface area (Å²) in [6.07, 6.45) is 8.12. The van der Waals surface area contributed by atoms with Crippen molar-refractivity contribution in [1.82, 2.24) is 18.3 Å². The van der Waals surface area contributed by atoms with Gasteiger partial charge in [-0.3, -0.25) is 19.2 Å². The fourth-order valence-corrected chi connectivity index (χ4v) is 16.5. The number of aliphatic hydroxyl groups excluding tert-OH is 1. The Bertz CT molecular complexity index is 6630. The van der Waals surface area contributed by atoms with Crippen molar-refractivity contribution in [2.24, 2.45) is 17.2 Å². The van der Waals surface area contributed by atoms with Crippen molar-refractivity contribution in [3.63, 3.8) is 0 Å². The Morgan fingerprint density at radius 2 is 0.700 bits per heavy atom. The average Bonchev–Trinajstić information content (AvgIpc) is 1.62. The number of carbonyl (C=O) groups is 4. The first-order valence-corrected chi connectivity index (χ1v) is 46.3. The molecule has 23 nitrogen and oxygen atoms in total. The van der Waals surface area contributed by atoms with Gasteiger partial charge in [-0.15, -0.1) is 12.4 Å². The number of aromatic hydroxyl groups is 1.